The van der Waals surface area contributed by atoms with Crippen molar-refractivity contribution in [2.45, 2.75) is 13.3 Å². The second-order valence-corrected chi connectivity index (χ2v) is 4.40. The van der Waals surface area contributed by atoms with Crippen LogP contribution in [0.4, 0.5) is 10.1 Å². The highest BCUT2D eigenvalue weighted by Gasteiger charge is 2.00. The monoisotopic (exact) mass is 265 g/mol. The van der Waals surface area contributed by atoms with Gasteiger partial charge in [-0.2, -0.15) is 5.10 Å². The van der Waals surface area contributed by atoms with Crippen molar-refractivity contribution in [2.24, 2.45) is 0 Å². The van der Waals surface area contributed by atoms with Crippen molar-refractivity contribution in [3.63, 3.8) is 0 Å². The molecule has 2 rings (SSSR count). The van der Waals surface area contributed by atoms with Crippen LogP contribution >= 0.6 is 11.6 Å². The van der Waals surface area contributed by atoms with Gasteiger partial charge >= 0.3 is 0 Å². The van der Waals surface area contributed by atoms with Gasteiger partial charge in [0.2, 0.25) is 0 Å². The molecule has 0 unspecified atom stereocenters. The maximum atomic E-state index is 12.9. The molecule has 1 heterocycles. The summed E-state index contributed by atoms with van der Waals surface area (Å²) in [6.07, 6.45) is 2.43. The Morgan fingerprint density at radius 1 is 1.33 bits per heavy atom. The van der Waals surface area contributed by atoms with E-state index in [0.717, 1.165) is 29.8 Å². The van der Waals surface area contributed by atoms with Gasteiger partial charge in [0.1, 0.15) is 5.82 Å². The van der Waals surface area contributed by atoms with Crippen LogP contribution in [0.5, 0.6) is 0 Å². The van der Waals surface area contributed by atoms with Gasteiger partial charge in [-0.25, -0.2) is 4.39 Å². The molecule has 0 bridgehead atoms. The number of hydrogen-bond acceptors (Lipinski definition) is 3. The molecule has 0 fully saturated rings. The van der Waals surface area contributed by atoms with Gasteiger partial charge in [0, 0.05) is 12.6 Å². The number of benzene rings is 1. The minimum Gasteiger partial charge on any atom is -0.383 e. The van der Waals surface area contributed by atoms with Gasteiger partial charge in [0.05, 0.1) is 11.9 Å². The Kier molecular flexibility index (Phi) is 4.10. The van der Waals surface area contributed by atoms with E-state index in [1.807, 2.05) is 13.0 Å². The Bertz CT molecular complexity index is 546. The summed E-state index contributed by atoms with van der Waals surface area (Å²) in [5, 5.41) is 11.0. The molecule has 2 aromatic rings. The summed E-state index contributed by atoms with van der Waals surface area (Å²) >= 11 is 5.73. The molecule has 1 N–H and O–H groups in total. The van der Waals surface area contributed by atoms with E-state index in [-0.39, 0.29) is 5.82 Å². The summed E-state index contributed by atoms with van der Waals surface area (Å²) < 4.78 is 12.9. The highest BCUT2D eigenvalue weighted by atomic mass is 35.5. The molecule has 0 radical (unpaired) electrons. The lowest BCUT2D eigenvalue weighted by molar-refractivity contribution is 0.625. The number of anilines is 1. The van der Waals surface area contributed by atoms with Crippen molar-refractivity contribution < 1.29 is 4.39 Å². The first-order valence-corrected chi connectivity index (χ1v) is 6.00. The summed E-state index contributed by atoms with van der Waals surface area (Å²) in [6, 6.07) is 6.55. The predicted molar refractivity (Wildman–Crippen MR) is 70.4 cm³/mol. The molecule has 0 amide bonds. The Morgan fingerprint density at radius 3 is 2.89 bits per heavy atom. The molecule has 0 saturated carbocycles. The van der Waals surface area contributed by atoms with E-state index in [1.165, 1.54) is 6.07 Å². The van der Waals surface area contributed by atoms with E-state index in [9.17, 15) is 4.39 Å². The van der Waals surface area contributed by atoms with Crippen LogP contribution in [0.1, 0.15) is 11.1 Å². The Morgan fingerprint density at radius 2 is 2.17 bits per heavy atom. The topological polar surface area (TPSA) is 37.8 Å². The minimum absolute atomic E-state index is 0.200. The number of nitrogens with zero attached hydrogens (tertiary/aromatic N) is 2. The van der Waals surface area contributed by atoms with E-state index in [0.29, 0.717) is 5.15 Å². The molecule has 1 aromatic heterocycles. The summed E-state index contributed by atoms with van der Waals surface area (Å²) in [6.45, 7) is 2.64. The van der Waals surface area contributed by atoms with Crippen molar-refractivity contribution in [3.8, 4) is 0 Å². The molecule has 0 spiro atoms. The van der Waals surface area contributed by atoms with Crippen molar-refractivity contribution in [1.82, 2.24) is 10.2 Å². The van der Waals surface area contributed by atoms with Crippen molar-refractivity contribution in [2.75, 3.05) is 11.9 Å². The summed E-state index contributed by atoms with van der Waals surface area (Å²) in [5.74, 6) is -0.200. The molecule has 94 valence electrons. The molecular formula is C13H13ClFN3. The van der Waals surface area contributed by atoms with Gasteiger partial charge < -0.3 is 5.32 Å². The van der Waals surface area contributed by atoms with Crippen LogP contribution in [0.25, 0.3) is 0 Å². The van der Waals surface area contributed by atoms with Crippen LogP contribution < -0.4 is 5.32 Å². The van der Waals surface area contributed by atoms with E-state index in [2.05, 4.69) is 15.5 Å². The Hall–Kier alpha value is -1.68. The highest BCUT2D eigenvalue weighted by Crippen LogP contribution is 2.13. The number of aromatic nitrogens is 2. The third-order valence-electron chi connectivity index (χ3n) is 2.65. The lowest BCUT2D eigenvalue weighted by atomic mass is 10.1. The Balaban J connectivity index is 1.92. The zero-order chi connectivity index (χ0) is 13.0. The largest absolute Gasteiger partial charge is 0.383 e. The smallest absolute Gasteiger partial charge is 0.153 e. The number of halogens is 2. The number of aryl methyl sites for hydroxylation is 1. The van der Waals surface area contributed by atoms with Crippen molar-refractivity contribution in [1.29, 1.82) is 0 Å². The third kappa shape index (κ3) is 3.40. The van der Waals surface area contributed by atoms with Gasteiger partial charge in [-0.1, -0.05) is 17.7 Å². The zero-order valence-electron chi connectivity index (χ0n) is 9.95. The van der Waals surface area contributed by atoms with E-state index >= 15 is 0 Å². The maximum absolute atomic E-state index is 12.9. The maximum Gasteiger partial charge on any atom is 0.153 e. The lowest BCUT2D eigenvalue weighted by Gasteiger charge is -2.08. The molecule has 18 heavy (non-hydrogen) atoms. The van der Waals surface area contributed by atoms with E-state index in [4.69, 9.17) is 11.6 Å². The van der Waals surface area contributed by atoms with Crippen molar-refractivity contribution in [3.05, 3.63) is 52.6 Å². The predicted octanol–water partition coefficient (Wildman–Crippen LogP) is 3.23. The second-order valence-electron chi connectivity index (χ2n) is 4.01. The van der Waals surface area contributed by atoms with E-state index < -0.39 is 0 Å². The normalized spacial score (nSPS) is 10.4. The molecule has 3 nitrogen and oxygen atoms in total. The number of hydrogen-bond donors (Lipinski definition) is 1. The quantitative estimate of drug-likeness (QED) is 0.922. The second kappa shape index (κ2) is 5.78. The number of nitrogens with one attached hydrogen (secondary N) is 1. The molecule has 5 heteroatoms. The van der Waals surface area contributed by atoms with Gasteiger partial charge in [0.15, 0.2) is 5.15 Å². The fraction of sp³-hybridized carbons (Fsp3) is 0.231. The summed E-state index contributed by atoms with van der Waals surface area (Å²) in [7, 11) is 0. The van der Waals surface area contributed by atoms with Gasteiger partial charge in [-0.3, -0.25) is 0 Å². The van der Waals surface area contributed by atoms with Crippen LogP contribution in [0.2, 0.25) is 5.15 Å². The van der Waals surface area contributed by atoms with Crippen LogP contribution in [0.3, 0.4) is 0 Å². The SMILES string of the molecule is Cc1cc(F)ccc1CCNc1cnnc(Cl)c1. The highest BCUT2D eigenvalue weighted by molar-refractivity contribution is 6.29. The molecule has 0 atom stereocenters. The summed E-state index contributed by atoms with van der Waals surface area (Å²) in [5.41, 5.74) is 2.91. The van der Waals surface area contributed by atoms with Crippen molar-refractivity contribution >= 4 is 17.3 Å². The minimum atomic E-state index is -0.200. The lowest BCUT2D eigenvalue weighted by Crippen LogP contribution is -2.06. The van der Waals surface area contributed by atoms with Crippen LogP contribution in [-0.2, 0) is 6.42 Å². The molecule has 0 saturated heterocycles. The van der Waals surface area contributed by atoms with Gasteiger partial charge in [0.25, 0.3) is 0 Å². The fourth-order valence-electron chi connectivity index (χ4n) is 1.72. The van der Waals surface area contributed by atoms with Crippen LogP contribution in [-0.4, -0.2) is 16.7 Å². The standard InChI is InChI=1S/C13H13ClFN3/c1-9-6-11(15)3-2-10(9)4-5-16-12-7-13(14)18-17-8-12/h2-3,6-8H,4-5H2,1H3,(H,16,18). The number of rotatable bonds is 4. The fourth-order valence-corrected chi connectivity index (χ4v) is 1.88. The summed E-state index contributed by atoms with van der Waals surface area (Å²) in [4.78, 5) is 0. The van der Waals surface area contributed by atoms with Crippen LogP contribution in [0.15, 0.2) is 30.5 Å². The zero-order valence-corrected chi connectivity index (χ0v) is 10.7. The van der Waals surface area contributed by atoms with Crippen LogP contribution in [0, 0.1) is 12.7 Å². The van der Waals surface area contributed by atoms with Gasteiger partial charge in [-0.15, -0.1) is 5.10 Å². The third-order valence-corrected chi connectivity index (χ3v) is 2.84. The molecule has 1 aromatic carbocycles. The molecular weight excluding hydrogens is 253 g/mol. The first-order valence-electron chi connectivity index (χ1n) is 5.62. The molecule has 0 aliphatic carbocycles. The Labute approximate surface area is 110 Å². The average molecular weight is 266 g/mol. The first kappa shape index (κ1) is 12.8. The molecule has 0 aliphatic heterocycles. The van der Waals surface area contributed by atoms with E-state index in [1.54, 1.807) is 18.3 Å². The van der Waals surface area contributed by atoms with Gasteiger partial charge in [-0.05, 0) is 36.6 Å². The molecule has 0 aliphatic rings. The first-order chi connectivity index (χ1) is 8.65. The average Bonchev–Trinajstić information content (AvgIpc) is 2.32.